The van der Waals surface area contributed by atoms with Crippen LogP contribution in [0, 0.1) is 6.92 Å². The second kappa shape index (κ2) is 12.2. The smallest absolute Gasteiger partial charge is 0.406 e. The van der Waals surface area contributed by atoms with E-state index in [2.05, 4.69) is 35.9 Å². The fraction of sp³-hybridized carbons (Fsp3) is 0.231. The van der Waals surface area contributed by atoms with Crippen molar-refractivity contribution in [3.8, 4) is 5.75 Å². The number of rotatable bonds is 10. The summed E-state index contributed by atoms with van der Waals surface area (Å²) in [5.74, 6) is -0.575. The Morgan fingerprint density at radius 2 is 1.79 bits per heavy atom. The summed E-state index contributed by atoms with van der Waals surface area (Å²) in [6, 6.07) is 13.4. The predicted octanol–water partition coefficient (Wildman–Crippen LogP) is 4.87. The number of halogens is 3. The van der Waals surface area contributed by atoms with Gasteiger partial charge in [0, 0.05) is 30.7 Å². The molecule has 3 amide bonds. The number of alkyl halides is 3. The van der Waals surface area contributed by atoms with E-state index in [4.69, 9.17) is 0 Å². The topological polar surface area (TPSA) is 126 Å². The first-order valence-corrected chi connectivity index (χ1v) is 12.0. The SMILES string of the molecule is Cc1[nH]ncc1CCCNC(=O)c1nc(NC(=O)Nc2ccc(OC(F)(F)F)cc2)cn1Cc1ccccc1. The molecule has 204 valence electrons. The number of amides is 3. The van der Waals surface area contributed by atoms with Gasteiger partial charge in [-0.25, -0.2) is 9.78 Å². The maximum absolute atomic E-state index is 13.0. The van der Waals surface area contributed by atoms with E-state index in [0.717, 1.165) is 35.4 Å². The molecule has 2 heterocycles. The second-order valence-electron chi connectivity index (χ2n) is 8.59. The third-order valence-corrected chi connectivity index (χ3v) is 5.61. The fourth-order valence-electron chi connectivity index (χ4n) is 3.76. The summed E-state index contributed by atoms with van der Waals surface area (Å²) in [6.45, 7) is 2.69. The molecule has 0 aliphatic heterocycles. The van der Waals surface area contributed by atoms with Crippen molar-refractivity contribution in [3.05, 3.63) is 89.6 Å². The van der Waals surface area contributed by atoms with Crippen LogP contribution in [-0.2, 0) is 13.0 Å². The van der Waals surface area contributed by atoms with Crippen molar-refractivity contribution in [2.75, 3.05) is 17.2 Å². The van der Waals surface area contributed by atoms with E-state index in [1.54, 1.807) is 10.8 Å². The summed E-state index contributed by atoms with van der Waals surface area (Å²) in [7, 11) is 0. The highest BCUT2D eigenvalue weighted by Gasteiger charge is 2.31. The highest BCUT2D eigenvalue weighted by atomic mass is 19.4. The molecule has 0 unspecified atom stereocenters. The maximum atomic E-state index is 13.0. The molecule has 0 atom stereocenters. The van der Waals surface area contributed by atoms with Gasteiger partial charge in [-0.15, -0.1) is 13.2 Å². The molecule has 0 aliphatic carbocycles. The van der Waals surface area contributed by atoms with Gasteiger partial charge in [-0.3, -0.25) is 15.2 Å². The van der Waals surface area contributed by atoms with Crippen LogP contribution in [0.2, 0.25) is 0 Å². The molecule has 10 nitrogen and oxygen atoms in total. The lowest BCUT2D eigenvalue weighted by molar-refractivity contribution is -0.274. The molecule has 39 heavy (non-hydrogen) atoms. The van der Waals surface area contributed by atoms with Crippen LogP contribution in [0.4, 0.5) is 29.5 Å². The normalized spacial score (nSPS) is 11.2. The van der Waals surface area contributed by atoms with E-state index in [-0.39, 0.29) is 17.3 Å². The fourth-order valence-corrected chi connectivity index (χ4v) is 3.76. The van der Waals surface area contributed by atoms with Crippen LogP contribution < -0.4 is 20.7 Å². The second-order valence-corrected chi connectivity index (χ2v) is 8.59. The van der Waals surface area contributed by atoms with Crippen LogP contribution in [0.1, 0.15) is 33.9 Å². The monoisotopic (exact) mass is 541 g/mol. The highest BCUT2D eigenvalue weighted by Crippen LogP contribution is 2.24. The van der Waals surface area contributed by atoms with Gasteiger partial charge in [-0.2, -0.15) is 5.10 Å². The van der Waals surface area contributed by atoms with Crippen molar-refractivity contribution in [2.45, 2.75) is 32.7 Å². The number of anilines is 2. The van der Waals surface area contributed by atoms with Crippen molar-refractivity contribution in [1.82, 2.24) is 25.1 Å². The van der Waals surface area contributed by atoms with Crippen LogP contribution in [-0.4, -0.2) is 44.6 Å². The van der Waals surface area contributed by atoms with Crippen molar-refractivity contribution in [1.29, 1.82) is 0 Å². The van der Waals surface area contributed by atoms with Crippen molar-refractivity contribution in [3.63, 3.8) is 0 Å². The standard InChI is InChI=1S/C26H26F3N7O3/c1-17-19(14-31-35-17)8-5-13-30-24(37)23-33-22(16-36(23)15-18-6-3-2-4-7-18)34-25(38)32-20-9-11-21(12-10-20)39-26(27,28)29/h2-4,6-7,9-12,14,16H,5,8,13,15H2,1H3,(H,30,37)(H,31,35)(H2,32,34,38). The molecule has 4 rings (SSSR count). The zero-order valence-electron chi connectivity index (χ0n) is 20.9. The van der Waals surface area contributed by atoms with Crippen molar-refractivity contribution < 1.29 is 27.5 Å². The van der Waals surface area contributed by atoms with Crippen LogP contribution >= 0.6 is 0 Å². The summed E-state index contributed by atoms with van der Waals surface area (Å²) in [5, 5.41) is 14.8. The van der Waals surface area contributed by atoms with Crippen LogP contribution in [0.25, 0.3) is 0 Å². The number of benzene rings is 2. The van der Waals surface area contributed by atoms with E-state index >= 15 is 0 Å². The Hall–Kier alpha value is -4.81. The number of carbonyl (C=O) groups excluding carboxylic acids is 2. The summed E-state index contributed by atoms with van der Waals surface area (Å²) in [6.07, 6.45) is -0.0646. The average molecular weight is 542 g/mol. The molecule has 0 saturated carbocycles. The lowest BCUT2D eigenvalue weighted by atomic mass is 10.1. The number of urea groups is 1. The van der Waals surface area contributed by atoms with E-state index in [1.807, 2.05) is 37.3 Å². The molecule has 2 aromatic heterocycles. The van der Waals surface area contributed by atoms with Gasteiger partial charge in [0.2, 0.25) is 5.82 Å². The van der Waals surface area contributed by atoms with Crippen molar-refractivity contribution >= 4 is 23.4 Å². The molecular weight excluding hydrogens is 515 g/mol. The number of aryl methyl sites for hydroxylation is 2. The lowest BCUT2D eigenvalue weighted by Gasteiger charge is -2.10. The molecule has 4 aromatic rings. The minimum Gasteiger partial charge on any atom is -0.406 e. The average Bonchev–Trinajstić information content (AvgIpc) is 3.48. The number of ether oxygens (including phenoxy) is 1. The minimum absolute atomic E-state index is 0.113. The molecule has 13 heteroatoms. The summed E-state index contributed by atoms with van der Waals surface area (Å²) in [5.41, 5.74) is 3.22. The van der Waals surface area contributed by atoms with E-state index in [9.17, 15) is 22.8 Å². The van der Waals surface area contributed by atoms with Crippen molar-refractivity contribution in [2.24, 2.45) is 0 Å². The molecule has 0 radical (unpaired) electrons. The summed E-state index contributed by atoms with van der Waals surface area (Å²) in [4.78, 5) is 29.8. The largest absolute Gasteiger partial charge is 0.573 e. The van der Waals surface area contributed by atoms with Gasteiger partial charge in [0.15, 0.2) is 5.82 Å². The molecule has 0 aliphatic rings. The molecule has 4 N–H and O–H groups in total. The Labute approximate surface area is 221 Å². The molecule has 0 spiro atoms. The zero-order valence-corrected chi connectivity index (χ0v) is 20.9. The first kappa shape index (κ1) is 27.2. The van der Waals surface area contributed by atoms with E-state index in [1.165, 1.54) is 18.3 Å². The molecule has 0 saturated heterocycles. The number of aromatic amines is 1. The van der Waals surface area contributed by atoms with Gasteiger partial charge in [-0.05, 0) is 55.2 Å². The Balaban J connectivity index is 1.40. The summed E-state index contributed by atoms with van der Waals surface area (Å²) < 4.78 is 42.5. The number of aromatic nitrogens is 4. The first-order chi connectivity index (χ1) is 18.7. The predicted molar refractivity (Wildman–Crippen MR) is 138 cm³/mol. The summed E-state index contributed by atoms with van der Waals surface area (Å²) >= 11 is 0. The lowest BCUT2D eigenvalue weighted by Crippen LogP contribution is -2.28. The zero-order chi connectivity index (χ0) is 27.8. The van der Waals surface area contributed by atoms with E-state index in [0.29, 0.717) is 19.5 Å². The third-order valence-electron chi connectivity index (χ3n) is 5.61. The number of nitrogens with one attached hydrogen (secondary N) is 4. The molecule has 0 bridgehead atoms. The Kier molecular flexibility index (Phi) is 8.49. The Morgan fingerprint density at radius 3 is 2.46 bits per heavy atom. The third kappa shape index (κ3) is 8.09. The van der Waals surface area contributed by atoms with Gasteiger partial charge in [0.1, 0.15) is 5.75 Å². The molecular formula is C26H26F3N7O3. The molecule has 2 aromatic carbocycles. The van der Waals surface area contributed by atoms with Gasteiger partial charge in [-0.1, -0.05) is 30.3 Å². The number of hydrogen-bond donors (Lipinski definition) is 4. The number of imidazole rings is 1. The van der Waals surface area contributed by atoms with Crippen LogP contribution in [0.3, 0.4) is 0 Å². The highest BCUT2D eigenvalue weighted by molar-refractivity contribution is 5.99. The Bertz CT molecular complexity index is 1400. The number of carbonyl (C=O) groups is 2. The van der Waals surface area contributed by atoms with Gasteiger partial charge in [0.25, 0.3) is 5.91 Å². The first-order valence-electron chi connectivity index (χ1n) is 12.0. The van der Waals surface area contributed by atoms with Gasteiger partial charge in [0.05, 0.1) is 6.20 Å². The minimum atomic E-state index is -4.81. The van der Waals surface area contributed by atoms with Gasteiger partial charge < -0.3 is 19.9 Å². The number of hydrogen-bond acceptors (Lipinski definition) is 5. The molecule has 0 fully saturated rings. The maximum Gasteiger partial charge on any atom is 0.573 e. The number of nitrogens with zero attached hydrogens (tertiary/aromatic N) is 3. The van der Waals surface area contributed by atoms with E-state index < -0.39 is 24.1 Å². The van der Waals surface area contributed by atoms with Crippen LogP contribution in [0.5, 0.6) is 5.75 Å². The van der Waals surface area contributed by atoms with Gasteiger partial charge >= 0.3 is 12.4 Å². The quantitative estimate of drug-likeness (QED) is 0.213. The van der Waals surface area contributed by atoms with Crippen LogP contribution in [0.15, 0.2) is 67.0 Å². The number of H-pyrrole nitrogens is 1. The Morgan fingerprint density at radius 1 is 1.05 bits per heavy atom.